The Morgan fingerprint density at radius 2 is 2.07 bits per heavy atom. The largest absolute Gasteiger partial charge is 0.379 e. The van der Waals surface area contributed by atoms with Gasteiger partial charge in [0.05, 0.1) is 31.0 Å². The monoisotopic (exact) mass is 413 g/mol. The number of aromatic nitrogens is 2. The minimum atomic E-state index is -3.64. The number of morpholine rings is 1. The number of sulfonamides is 1. The first kappa shape index (κ1) is 21.2. The molecule has 28 heavy (non-hydrogen) atoms. The van der Waals surface area contributed by atoms with Crippen LogP contribution in [0.25, 0.3) is 0 Å². The molecule has 0 spiro atoms. The number of hydrogen-bond acceptors (Lipinski definition) is 6. The molecule has 3 rings (SSSR count). The predicted octanol–water partition coefficient (Wildman–Crippen LogP) is -0.0339. The van der Waals surface area contributed by atoms with E-state index in [1.165, 1.54) is 10.5 Å². The molecule has 0 aromatic carbocycles. The van der Waals surface area contributed by atoms with Crippen molar-refractivity contribution in [3.05, 3.63) is 11.9 Å². The fraction of sp³-hybridized carbons (Fsp3) is 0.778. The maximum atomic E-state index is 13.0. The molecule has 0 radical (unpaired) electrons. The molecule has 1 amide bonds. The van der Waals surface area contributed by atoms with Crippen molar-refractivity contribution in [2.45, 2.75) is 37.6 Å². The van der Waals surface area contributed by atoms with Gasteiger partial charge in [0.2, 0.25) is 15.9 Å². The molecule has 2 fully saturated rings. The zero-order valence-electron chi connectivity index (χ0n) is 16.9. The molecule has 10 heteroatoms. The van der Waals surface area contributed by atoms with Crippen molar-refractivity contribution in [3.63, 3.8) is 0 Å². The van der Waals surface area contributed by atoms with Gasteiger partial charge in [-0.15, -0.1) is 0 Å². The van der Waals surface area contributed by atoms with Crippen LogP contribution < -0.4 is 5.32 Å². The summed E-state index contributed by atoms with van der Waals surface area (Å²) >= 11 is 0. The van der Waals surface area contributed by atoms with E-state index in [2.05, 4.69) is 22.2 Å². The van der Waals surface area contributed by atoms with Gasteiger partial charge in [-0.2, -0.15) is 9.40 Å². The van der Waals surface area contributed by atoms with Crippen LogP contribution in [-0.2, 0) is 26.6 Å². The van der Waals surface area contributed by atoms with Crippen molar-refractivity contribution in [1.82, 2.24) is 24.3 Å². The number of carbonyl (C=O) groups excluding carboxylic acids is 1. The number of carbonyl (C=O) groups is 1. The van der Waals surface area contributed by atoms with Crippen LogP contribution in [0.4, 0.5) is 0 Å². The quantitative estimate of drug-likeness (QED) is 0.703. The average molecular weight is 414 g/mol. The highest BCUT2D eigenvalue weighted by molar-refractivity contribution is 7.89. The highest BCUT2D eigenvalue weighted by atomic mass is 32.2. The summed E-state index contributed by atoms with van der Waals surface area (Å²) in [5.74, 6) is -0.389. The smallest absolute Gasteiger partial charge is 0.246 e. The Labute approximate surface area is 167 Å². The Kier molecular flexibility index (Phi) is 6.74. The first-order chi connectivity index (χ1) is 13.3. The number of hydrogen-bond donors (Lipinski definition) is 1. The van der Waals surface area contributed by atoms with E-state index < -0.39 is 10.0 Å². The van der Waals surface area contributed by atoms with Crippen LogP contribution in [0.3, 0.4) is 0 Å². The van der Waals surface area contributed by atoms with Gasteiger partial charge in [0.1, 0.15) is 4.90 Å². The van der Waals surface area contributed by atoms with Crippen molar-refractivity contribution < 1.29 is 17.9 Å². The number of ether oxygens (including phenoxy) is 1. The number of aryl methyl sites for hydroxylation is 1. The van der Waals surface area contributed by atoms with E-state index >= 15 is 0 Å². The van der Waals surface area contributed by atoms with E-state index in [9.17, 15) is 13.2 Å². The lowest BCUT2D eigenvalue weighted by Crippen LogP contribution is -2.50. The van der Waals surface area contributed by atoms with Gasteiger partial charge >= 0.3 is 0 Å². The lowest BCUT2D eigenvalue weighted by Gasteiger charge is -2.34. The average Bonchev–Trinajstić information content (AvgIpc) is 3.06. The van der Waals surface area contributed by atoms with Gasteiger partial charge < -0.3 is 10.1 Å². The molecule has 2 saturated heterocycles. The Hall–Kier alpha value is -1.49. The Morgan fingerprint density at radius 3 is 2.71 bits per heavy atom. The normalized spacial score (nSPS) is 23.5. The lowest BCUT2D eigenvalue weighted by atomic mass is 9.99. The fourth-order valence-electron chi connectivity index (χ4n) is 3.79. The second kappa shape index (κ2) is 8.89. The summed E-state index contributed by atoms with van der Waals surface area (Å²) in [7, 11) is -1.92. The van der Waals surface area contributed by atoms with E-state index in [0.29, 0.717) is 31.6 Å². The Balaban J connectivity index is 1.58. The van der Waals surface area contributed by atoms with Gasteiger partial charge in [-0.05, 0) is 26.7 Å². The summed E-state index contributed by atoms with van der Waals surface area (Å²) in [6.07, 6.45) is 2.77. The van der Waals surface area contributed by atoms with Crippen LogP contribution in [0.2, 0.25) is 0 Å². The summed E-state index contributed by atoms with van der Waals surface area (Å²) in [5.41, 5.74) is 0.603. The molecule has 1 aromatic heterocycles. The lowest BCUT2D eigenvalue weighted by molar-refractivity contribution is -0.126. The first-order valence-corrected chi connectivity index (χ1v) is 11.3. The second-order valence-corrected chi connectivity index (χ2v) is 9.57. The number of rotatable bonds is 6. The molecule has 0 bridgehead atoms. The summed E-state index contributed by atoms with van der Waals surface area (Å²) in [6.45, 7) is 8.23. The molecule has 9 nitrogen and oxygen atoms in total. The van der Waals surface area contributed by atoms with Crippen LogP contribution in [-0.4, -0.2) is 85.3 Å². The molecule has 3 heterocycles. The van der Waals surface area contributed by atoms with Crippen molar-refractivity contribution in [2.75, 3.05) is 45.9 Å². The van der Waals surface area contributed by atoms with Crippen LogP contribution in [0.1, 0.15) is 25.5 Å². The number of nitrogens with zero attached hydrogens (tertiary/aromatic N) is 4. The zero-order chi connectivity index (χ0) is 20.3. The van der Waals surface area contributed by atoms with Gasteiger partial charge in [0.25, 0.3) is 0 Å². The molecule has 0 aliphatic carbocycles. The van der Waals surface area contributed by atoms with Crippen LogP contribution in [0, 0.1) is 12.8 Å². The Morgan fingerprint density at radius 1 is 1.36 bits per heavy atom. The topological polar surface area (TPSA) is 96.8 Å². The summed E-state index contributed by atoms with van der Waals surface area (Å²) < 4.78 is 34.3. The van der Waals surface area contributed by atoms with E-state index in [1.54, 1.807) is 18.7 Å². The zero-order valence-corrected chi connectivity index (χ0v) is 17.7. The molecule has 2 aliphatic rings. The maximum absolute atomic E-state index is 13.0. The molecule has 0 unspecified atom stereocenters. The molecule has 2 atom stereocenters. The van der Waals surface area contributed by atoms with Crippen molar-refractivity contribution in [3.8, 4) is 0 Å². The van der Waals surface area contributed by atoms with Crippen LogP contribution >= 0.6 is 0 Å². The number of amides is 1. The Bertz CT molecular complexity index is 788. The number of nitrogens with one attached hydrogen (secondary N) is 1. The van der Waals surface area contributed by atoms with Crippen molar-refractivity contribution in [1.29, 1.82) is 0 Å². The van der Waals surface area contributed by atoms with E-state index in [0.717, 1.165) is 26.3 Å². The summed E-state index contributed by atoms with van der Waals surface area (Å²) in [4.78, 5) is 15.2. The third-order valence-corrected chi connectivity index (χ3v) is 7.77. The van der Waals surface area contributed by atoms with Gasteiger partial charge in [-0.25, -0.2) is 8.42 Å². The first-order valence-electron chi connectivity index (χ1n) is 9.89. The summed E-state index contributed by atoms with van der Waals surface area (Å²) in [5, 5.41) is 7.06. The standard InChI is InChI=1S/C18H31N5O4S/c1-14(22-7-9-27-10-8-22)11-19-18(24)16-5-4-6-23(13-16)28(25,26)17-12-20-21(3)15(17)2/h12,14,16H,4-11,13H2,1-3H3,(H,19,24)/t14-,16+/m1/s1. The molecule has 0 saturated carbocycles. The molecular weight excluding hydrogens is 382 g/mol. The third kappa shape index (κ3) is 4.56. The van der Waals surface area contributed by atoms with Crippen molar-refractivity contribution in [2.24, 2.45) is 13.0 Å². The van der Waals surface area contributed by atoms with E-state index in [-0.39, 0.29) is 29.3 Å². The van der Waals surface area contributed by atoms with Gasteiger partial charge in [-0.3, -0.25) is 14.4 Å². The molecule has 1 N–H and O–H groups in total. The van der Waals surface area contributed by atoms with E-state index in [1.807, 2.05) is 0 Å². The third-order valence-electron chi connectivity index (χ3n) is 5.80. The highest BCUT2D eigenvalue weighted by Gasteiger charge is 2.35. The van der Waals surface area contributed by atoms with Crippen LogP contribution in [0.15, 0.2) is 11.1 Å². The fourth-order valence-corrected chi connectivity index (χ4v) is 5.50. The SMILES string of the molecule is Cc1c(S(=O)(=O)N2CCC[C@H](C(=O)NC[C@@H](C)N3CCOCC3)C2)cnn1C. The van der Waals surface area contributed by atoms with Crippen LogP contribution in [0.5, 0.6) is 0 Å². The highest BCUT2D eigenvalue weighted by Crippen LogP contribution is 2.25. The predicted molar refractivity (Wildman–Crippen MR) is 104 cm³/mol. The minimum Gasteiger partial charge on any atom is -0.379 e. The van der Waals surface area contributed by atoms with Gasteiger partial charge in [-0.1, -0.05) is 0 Å². The second-order valence-electron chi connectivity index (χ2n) is 7.66. The number of piperidine rings is 1. The molecule has 158 valence electrons. The molecular formula is C18H31N5O4S. The van der Waals surface area contributed by atoms with Gasteiger partial charge in [0.15, 0.2) is 0 Å². The van der Waals surface area contributed by atoms with Gasteiger partial charge in [0, 0.05) is 45.8 Å². The summed E-state index contributed by atoms with van der Waals surface area (Å²) in [6, 6.07) is 0.231. The minimum absolute atomic E-state index is 0.0667. The molecule has 2 aliphatic heterocycles. The molecule has 1 aromatic rings. The van der Waals surface area contributed by atoms with Crippen molar-refractivity contribution >= 4 is 15.9 Å². The maximum Gasteiger partial charge on any atom is 0.246 e. The van der Waals surface area contributed by atoms with E-state index in [4.69, 9.17) is 4.74 Å².